The van der Waals surface area contributed by atoms with Gasteiger partial charge >= 0.3 is 5.56 Å². The zero-order chi connectivity index (χ0) is 20.5. The second-order valence-electron chi connectivity index (χ2n) is 6.28. The van der Waals surface area contributed by atoms with Crippen LogP contribution in [0.15, 0.2) is 28.6 Å². The third-order valence-corrected chi connectivity index (χ3v) is 4.68. The number of aromatic nitrogens is 6. The van der Waals surface area contributed by atoms with Gasteiger partial charge < -0.3 is 5.11 Å². The van der Waals surface area contributed by atoms with Crippen molar-refractivity contribution in [2.75, 3.05) is 5.32 Å². The van der Waals surface area contributed by atoms with Crippen LogP contribution in [-0.2, 0) is 12.8 Å². The lowest BCUT2D eigenvalue weighted by Gasteiger charge is -2.19. The van der Waals surface area contributed by atoms with Crippen LogP contribution in [0.2, 0.25) is 5.02 Å². The predicted octanol–water partition coefficient (Wildman–Crippen LogP) is 1.54. The van der Waals surface area contributed by atoms with Crippen LogP contribution >= 0.6 is 11.6 Å². The maximum Gasteiger partial charge on any atom is 0.300 e. The number of H-pyrrole nitrogens is 1. The van der Waals surface area contributed by atoms with Crippen molar-refractivity contribution in [1.82, 2.24) is 30.2 Å². The Hall–Kier alpha value is -3.60. The maximum absolute atomic E-state index is 14.2. The average Bonchev–Trinajstić information content (AvgIpc) is 3.21. The third kappa shape index (κ3) is 3.59. The molecule has 3 N–H and O–H groups in total. The van der Waals surface area contributed by atoms with Gasteiger partial charge in [0.15, 0.2) is 5.69 Å². The minimum atomic E-state index is -0.836. The number of hydrogen-bond acceptors (Lipinski definition) is 7. The van der Waals surface area contributed by atoms with E-state index in [1.165, 1.54) is 12.3 Å². The molecule has 0 spiro atoms. The summed E-state index contributed by atoms with van der Waals surface area (Å²) in [5.41, 5.74) is -0.0870. The summed E-state index contributed by atoms with van der Waals surface area (Å²) in [5.74, 6) is -1.92. The number of nitrogens with one attached hydrogen (secondary N) is 2. The summed E-state index contributed by atoms with van der Waals surface area (Å²) in [6.07, 6.45) is 2.57. The molecule has 0 radical (unpaired) electrons. The molecule has 1 aliphatic heterocycles. The van der Waals surface area contributed by atoms with E-state index >= 15 is 0 Å². The van der Waals surface area contributed by atoms with Crippen molar-refractivity contribution >= 4 is 29.7 Å². The molecule has 0 atom stereocenters. The Morgan fingerprint density at radius 3 is 2.97 bits per heavy atom. The van der Waals surface area contributed by atoms with Gasteiger partial charge in [0.1, 0.15) is 11.6 Å². The monoisotopic (exact) mass is 417 g/mol. The second kappa shape index (κ2) is 7.43. The van der Waals surface area contributed by atoms with Gasteiger partial charge in [0.25, 0.3) is 5.91 Å². The van der Waals surface area contributed by atoms with Crippen LogP contribution in [0.5, 0.6) is 5.75 Å². The van der Waals surface area contributed by atoms with E-state index in [-0.39, 0.29) is 17.4 Å². The van der Waals surface area contributed by atoms with E-state index in [1.807, 2.05) is 0 Å². The molecule has 3 heterocycles. The molecule has 1 aromatic carbocycles. The highest BCUT2D eigenvalue weighted by molar-refractivity contribution is 6.30. The molecule has 12 heteroatoms. The number of hydrogen-bond donors (Lipinski definition) is 3. The van der Waals surface area contributed by atoms with Gasteiger partial charge in [0.05, 0.1) is 5.02 Å². The first-order valence-electron chi connectivity index (χ1n) is 8.46. The fraction of sp³-hybridized carbons (Fsp3) is 0.176. The van der Waals surface area contributed by atoms with Crippen LogP contribution < -0.4 is 10.9 Å². The molecule has 3 aromatic rings. The van der Waals surface area contributed by atoms with Gasteiger partial charge in [-0.25, -0.2) is 14.5 Å². The number of carbonyl (C=O) groups excluding carboxylic acids is 1. The van der Waals surface area contributed by atoms with Gasteiger partial charge in [-0.1, -0.05) is 28.8 Å². The van der Waals surface area contributed by atoms with Crippen molar-refractivity contribution in [3.05, 3.63) is 62.0 Å². The normalized spacial score (nSPS) is 13.0. The third-order valence-electron chi connectivity index (χ3n) is 4.39. The molecule has 0 saturated carbocycles. The Kier molecular flexibility index (Phi) is 4.80. The van der Waals surface area contributed by atoms with Crippen LogP contribution in [0.25, 0.3) is 6.20 Å². The number of nitrogens with zero attached hydrogens (tertiary/aromatic N) is 5. The number of halogens is 2. The quantitative estimate of drug-likeness (QED) is 0.585. The smallest absolute Gasteiger partial charge is 0.300 e. The molecule has 0 saturated heterocycles. The van der Waals surface area contributed by atoms with Crippen molar-refractivity contribution in [1.29, 1.82) is 0 Å². The maximum atomic E-state index is 14.2. The zero-order valence-electron chi connectivity index (χ0n) is 14.7. The van der Waals surface area contributed by atoms with Crippen molar-refractivity contribution in [3.8, 4) is 5.75 Å². The number of benzene rings is 1. The van der Waals surface area contributed by atoms with Crippen molar-refractivity contribution in [2.45, 2.75) is 19.3 Å². The Balaban J connectivity index is 1.65. The van der Waals surface area contributed by atoms with E-state index in [1.54, 1.807) is 12.1 Å². The fourth-order valence-electron chi connectivity index (χ4n) is 3.00. The van der Waals surface area contributed by atoms with E-state index in [2.05, 4.69) is 30.9 Å². The van der Waals surface area contributed by atoms with Crippen molar-refractivity contribution < 1.29 is 14.3 Å². The average molecular weight is 418 g/mol. The summed E-state index contributed by atoms with van der Waals surface area (Å²) in [6, 6.07) is 4.72. The Morgan fingerprint density at radius 1 is 1.38 bits per heavy atom. The highest BCUT2D eigenvalue weighted by Crippen LogP contribution is 2.25. The topological polar surface area (TPSA) is 139 Å². The minimum Gasteiger partial charge on any atom is -0.501 e. The first kappa shape index (κ1) is 18.7. The molecule has 0 bridgehead atoms. The molecule has 148 valence electrons. The van der Waals surface area contributed by atoms with Crippen LogP contribution in [-0.4, -0.2) is 41.2 Å². The lowest BCUT2D eigenvalue weighted by molar-refractivity contribution is 0.101. The van der Waals surface area contributed by atoms with Crippen LogP contribution in [0.4, 0.5) is 10.3 Å². The van der Waals surface area contributed by atoms with Crippen molar-refractivity contribution in [3.63, 3.8) is 0 Å². The molecule has 4 rings (SSSR count). The fourth-order valence-corrected chi connectivity index (χ4v) is 3.19. The second-order valence-corrected chi connectivity index (χ2v) is 6.69. The Morgan fingerprint density at radius 2 is 2.21 bits per heavy atom. The van der Waals surface area contributed by atoms with Gasteiger partial charge in [0, 0.05) is 12.6 Å². The van der Waals surface area contributed by atoms with E-state index in [9.17, 15) is 19.1 Å². The summed E-state index contributed by atoms with van der Waals surface area (Å²) >= 11 is 5.81. The molecular weight excluding hydrogens is 405 g/mol. The molecule has 2 aromatic heterocycles. The van der Waals surface area contributed by atoms with E-state index in [0.717, 1.165) is 10.1 Å². The first-order chi connectivity index (χ1) is 13.9. The molecule has 1 aliphatic rings. The van der Waals surface area contributed by atoms with Gasteiger partial charge in [-0.05, 0) is 40.5 Å². The number of rotatable bonds is 4. The number of aromatic hydroxyl groups is 1. The SMILES string of the molecule is O=C(Nc1nnn[nH]1)c1nc2n(c(=O)c1O)C=C(Cc1cccc(Cl)c1F)CC2. The number of anilines is 1. The number of aromatic amines is 1. The summed E-state index contributed by atoms with van der Waals surface area (Å²) in [7, 11) is 0. The van der Waals surface area contributed by atoms with Crippen LogP contribution in [0, 0.1) is 5.82 Å². The lowest BCUT2D eigenvalue weighted by Crippen LogP contribution is -2.28. The summed E-state index contributed by atoms with van der Waals surface area (Å²) in [4.78, 5) is 29.0. The number of fused-ring (bicyclic) bond motifs is 1. The minimum absolute atomic E-state index is 0.0217. The Bertz CT molecular complexity index is 1190. The molecule has 0 aliphatic carbocycles. The van der Waals surface area contributed by atoms with Gasteiger partial charge in [-0.15, -0.1) is 0 Å². The molecule has 1 amide bonds. The molecule has 29 heavy (non-hydrogen) atoms. The number of carbonyl (C=O) groups is 1. The van der Waals surface area contributed by atoms with Crippen molar-refractivity contribution in [2.24, 2.45) is 0 Å². The summed E-state index contributed by atoms with van der Waals surface area (Å²) in [5, 5.41) is 24.9. The lowest BCUT2D eigenvalue weighted by atomic mass is 9.99. The van der Waals surface area contributed by atoms with E-state index in [4.69, 9.17) is 11.6 Å². The number of allylic oxidation sites excluding steroid dienone is 1. The Labute approximate surface area is 167 Å². The van der Waals surface area contributed by atoms with Gasteiger partial charge in [-0.3, -0.25) is 19.5 Å². The van der Waals surface area contributed by atoms with Gasteiger partial charge in [0.2, 0.25) is 11.7 Å². The number of aryl methyl sites for hydroxylation is 1. The first-order valence-corrected chi connectivity index (χ1v) is 8.83. The molecular formula is C17H13ClFN7O3. The van der Waals surface area contributed by atoms with Crippen LogP contribution in [0.1, 0.15) is 28.3 Å². The summed E-state index contributed by atoms with van der Waals surface area (Å²) in [6.45, 7) is 0. The predicted molar refractivity (Wildman–Crippen MR) is 100 cm³/mol. The number of amides is 1. The summed E-state index contributed by atoms with van der Waals surface area (Å²) < 4.78 is 15.3. The van der Waals surface area contributed by atoms with Gasteiger partial charge in [-0.2, -0.15) is 0 Å². The van der Waals surface area contributed by atoms with E-state index < -0.39 is 28.7 Å². The molecule has 0 fully saturated rings. The van der Waals surface area contributed by atoms with E-state index in [0.29, 0.717) is 24.2 Å². The highest BCUT2D eigenvalue weighted by Gasteiger charge is 2.24. The van der Waals surface area contributed by atoms with Crippen LogP contribution in [0.3, 0.4) is 0 Å². The molecule has 10 nitrogen and oxygen atoms in total. The zero-order valence-corrected chi connectivity index (χ0v) is 15.4. The molecule has 0 unspecified atom stereocenters. The highest BCUT2D eigenvalue weighted by atomic mass is 35.5. The largest absolute Gasteiger partial charge is 0.501 e. The standard InChI is InChI=1S/C17H13ClFN7O3/c18-10-3-1-2-9(12(10)19)6-8-4-5-11-20-13(14(27)16(29)26(11)7-8)15(28)21-17-22-24-25-23-17/h1-3,7,27H,4-6H2,(H2,21,22,23,24,25,28). The number of tetrazole rings is 1.